The number of ketones is 2. The van der Waals surface area contributed by atoms with Gasteiger partial charge in [0.15, 0.2) is 5.78 Å². The summed E-state index contributed by atoms with van der Waals surface area (Å²) < 4.78 is 5.85. The van der Waals surface area contributed by atoms with E-state index in [1.165, 1.54) is 0 Å². The van der Waals surface area contributed by atoms with Gasteiger partial charge in [-0.25, -0.2) is 0 Å². The van der Waals surface area contributed by atoms with Gasteiger partial charge in [0.1, 0.15) is 17.6 Å². The molecule has 96 valence electrons. The topological polar surface area (TPSA) is 43.4 Å². The van der Waals surface area contributed by atoms with Crippen LogP contribution >= 0.6 is 0 Å². The van der Waals surface area contributed by atoms with Crippen LogP contribution in [-0.4, -0.2) is 17.7 Å². The number of carbonyl (C=O) groups is 2. The molecule has 1 heterocycles. The highest BCUT2D eigenvalue weighted by molar-refractivity contribution is 5.99. The first-order chi connectivity index (χ1) is 7.93. The standard InChI is InChI=1S/C14H22O3/c1-6-11(15)8(3)14-10(5)13(16)9(4)12(7-2)17-14/h8-9,12H,6-7H2,1-5H3/t8-,9-,12+/m1/s1. The number of carbonyl (C=O) groups excluding carboxylic acids is 2. The van der Waals surface area contributed by atoms with Crippen LogP contribution in [0.1, 0.15) is 47.5 Å². The van der Waals surface area contributed by atoms with E-state index in [4.69, 9.17) is 4.74 Å². The van der Waals surface area contributed by atoms with E-state index < -0.39 is 0 Å². The van der Waals surface area contributed by atoms with Crippen LogP contribution in [0.3, 0.4) is 0 Å². The molecule has 0 saturated carbocycles. The second kappa shape index (κ2) is 5.48. The lowest BCUT2D eigenvalue weighted by Crippen LogP contribution is -2.36. The zero-order valence-electron chi connectivity index (χ0n) is 11.4. The fourth-order valence-corrected chi connectivity index (χ4v) is 2.30. The summed E-state index contributed by atoms with van der Waals surface area (Å²) in [6.07, 6.45) is 1.17. The summed E-state index contributed by atoms with van der Waals surface area (Å²) >= 11 is 0. The van der Waals surface area contributed by atoms with Crippen molar-refractivity contribution in [3.05, 3.63) is 11.3 Å². The number of hydrogen-bond acceptors (Lipinski definition) is 3. The molecule has 3 heteroatoms. The molecule has 0 N–H and O–H groups in total. The second-order valence-electron chi connectivity index (χ2n) is 4.75. The Morgan fingerprint density at radius 2 is 2.00 bits per heavy atom. The van der Waals surface area contributed by atoms with Crippen LogP contribution in [0.2, 0.25) is 0 Å². The van der Waals surface area contributed by atoms with Gasteiger partial charge >= 0.3 is 0 Å². The number of rotatable bonds is 4. The minimum atomic E-state index is -0.300. The van der Waals surface area contributed by atoms with Gasteiger partial charge in [0.2, 0.25) is 0 Å². The van der Waals surface area contributed by atoms with E-state index in [1.54, 1.807) is 6.92 Å². The number of hydrogen-bond donors (Lipinski definition) is 0. The van der Waals surface area contributed by atoms with Crippen molar-refractivity contribution in [3.63, 3.8) is 0 Å². The molecule has 0 bridgehead atoms. The Labute approximate surface area is 103 Å². The van der Waals surface area contributed by atoms with Gasteiger partial charge in [0.05, 0.1) is 11.8 Å². The zero-order chi connectivity index (χ0) is 13.2. The lowest BCUT2D eigenvalue weighted by atomic mass is 9.86. The summed E-state index contributed by atoms with van der Waals surface area (Å²) in [5.41, 5.74) is 0.622. The van der Waals surface area contributed by atoms with Crippen LogP contribution in [-0.2, 0) is 14.3 Å². The average Bonchev–Trinajstić information content (AvgIpc) is 2.34. The Morgan fingerprint density at radius 1 is 1.41 bits per heavy atom. The summed E-state index contributed by atoms with van der Waals surface area (Å²) in [7, 11) is 0. The lowest BCUT2D eigenvalue weighted by molar-refractivity contribution is -0.128. The van der Waals surface area contributed by atoms with E-state index in [1.807, 2.05) is 27.7 Å². The molecule has 0 radical (unpaired) electrons. The quantitative estimate of drug-likeness (QED) is 0.756. The highest BCUT2D eigenvalue weighted by atomic mass is 16.5. The van der Waals surface area contributed by atoms with E-state index in [2.05, 4.69) is 0 Å². The van der Waals surface area contributed by atoms with Crippen molar-refractivity contribution in [2.75, 3.05) is 0 Å². The van der Waals surface area contributed by atoms with Crippen LogP contribution in [0.5, 0.6) is 0 Å². The highest BCUT2D eigenvalue weighted by Gasteiger charge is 2.35. The smallest absolute Gasteiger partial charge is 0.168 e. The van der Waals surface area contributed by atoms with E-state index in [-0.39, 0.29) is 29.5 Å². The SMILES string of the molecule is CCC(=O)[C@@H](C)C1=C(C)C(=O)[C@H](C)[C@H](CC)O1. The van der Waals surface area contributed by atoms with Crippen LogP contribution in [0, 0.1) is 11.8 Å². The van der Waals surface area contributed by atoms with Gasteiger partial charge in [0, 0.05) is 12.0 Å². The Balaban J connectivity index is 3.05. The summed E-state index contributed by atoms with van der Waals surface area (Å²) in [5, 5.41) is 0. The lowest BCUT2D eigenvalue weighted by Gasteiger charge is -2.33. The monoisotopic (exact) mass is 238 g/mol. The van der Waals surface area contributed by atoms with Crippen molar-refractivity contribution in [3.8, 4) is 0 Å². The molecule has 3 atom stereocenters. The van der Waals surface area contributed by atoms with Crippen molar-refractivity contribution in [2.24, 2.45) is 11.8 Å². The molecule has 1 aliphatic heterocycles. The maximum atomic E-state index is 12.1. The van der Waals surface area contributed by atoms with Gasteiger partial charge in [-0.05, 0) is 20.3 Å². The second-order valence-corrected chi connectivity index (χ2v) is 4.75. The summed E-state index contributed by atoms with van der Waals surface area (Å²) in [6.45, 7) is 9.31. The molecule has 0 fully saturated rings. The third-order valence-electron chi connectivity index (χ3n) is 3.62. The fraction of sp³-hybridized carbons (Fsp3) is 0.714. The predicted molar refractivity (Wildman–Crippen MR) is 66.5 cm³/mol. The third-order valence-corrected chi connectivity index (χ3v) is 3.62. The Kier molecular flexibility index (Phi) is 4.49. The van der Waals surface area contributed by atoms with Crippen molar-refractivity contribution >= 4 is 11.6 Å². The molecule has 0 amide bonds. The van der Waals surface area contributed by atoms with Gasteiger partial charge < -0.3 is 4.74 Å². The summed E-state index contributed by atoms with van der Waals surface area (Å²) in [4.78, 5) is 23.8. The Bertz CT molecular complexity index is 354. The average molecular weight is 238 g/mol. The first kappa shape index (κ1) is 13.9. The van der Waals surface area contributed by atoms with E-state index in [0.717, 1.165) is 6.42 Å². The predicted octanol–water partition coefficient (Wildman–Crippen LogP) is 2.89. The molecular weight excluding hydrogens is 216 g/mol. The number of Topliss-reactive ketones (excluding diaryl/α,β-unsaturated/α-hetero) is 2. The van der Waals surface area contributed by atoms with Crippen LogP contribution in [0.15, 0.2) is 11.3 Å². The van der Waals surface area contributed by atoms with E-state index in [0.29, 0.717) is 17.8 Å². The molecule has 17 heavy (non-hydrogen) atoms. The molecule has 0 aliphatic carbocycles. The molecular formula is C14H22O3. The molecule has 1 aliphatic rings. The molecule has 0 spiro atoms. The first-order valence-corrected chi connectivity index (χ1v) is 6.38. The van der Waals surface area contributed by atoms with Gasteiger partial charge in [-0.2, -0.15) is 0 Å². The maximum Gasteiger partial charge on any atom is 0.168 e. The largest absolute Gasteiger partial charge is 0.493 e. The van der Waals surface area contributed by atoms with Gasteiger partial charge in [-0.3, -0.25) is 9.59 Å². The Hall–Kier alpha value is -1.12. The van der Waals surface area contributed by atoms with Crippen molar-refractivity contribution in [1.82, 2.24) is 0 Å². The van der Waals surface area contributed by atoms with Crippen molar-refractivity contribution < 1.29 is 14.3 Å². The highest BCUT2D eigenvalue weighted by Crippen LogP contribution is 2.31. The molecule has 3 nitrogen and oxygen atoms in total. The van der Waals surface area contributed by atoms with E-state index >= 15 is 0 Å². The zero-order valence-corrected chi connectivity index (χ0v) is 11.4. The van der Waals surface area contributed by atoms with Crippen LogP contribution in [0.4, 0.5) is 0 Å². The molecule has 0 aromatic heterocycles. The molecule has 0 aromatic carbocycles. The minimum absolute atomic E-state index is 0.0895. The van der Waals surface area contributed by atoms with Crippen LogP contribution in [0.25, 0.3) is 0 Å². The molecule has 0 unspecified atom stereocenters. The number of ether oxygens (including phenoxy) is 1. The minimum Gasteiger partial charge on any atom is -0.493 e. The summed E-state index contributed by atoms with van der Waals surface area (Å²) in [5.74, 6) is 0.426. The Morgan fingerprint density at radius 3 is 2.47 bits per heavy atom. The summed E-state index contributed by atoms with van der Waals surface area (Å²) in [6, 6.07) is 0. The van der Waals surface area contributed by atoms with Crippen LogP contribution < -0.4 is 0 Å². The normalized spacial score (nSPS) is 26.8. The first-order valence-electron chi connectivity index (χ1n) is 6.38. The van der Waals surface area contributed by atoms with Crippen molar-refractivity contribution in [1.29, 1.82) is 0 Å². The fourth-order valence-electron chi connectivity index (χ4n) is 2.30. The van der Waals surface area contributed by atoms with E-state index in [9.17, 15) is 9.59 Å². The molecule has 0 saturated heterocycles. The van der Waals surface area contributed by atoms with Gasteiger partial charge in [-0.1, -0.05) is 20.8 Å². The van der Waals surface area contributed by atoms with Gasteiger partial charge in [-0.15, -0.1) is 0 Å². The van der Waals surface area contributed by atoms with Gasteiger partial charge in [0.25, 0.3) is 0 Å². The molecule has 1 rings (SSSR count). The maximum absolute atomic E-state index is 12.1. The van der Waals surface area contributed by atoms with Crippen molar-refractivity contribution in [2.45, 2.75) is 53.6 Å². The molecule has 0 aromatic rings. The number of allylic oxidation sites excluding steroid dienone is 2. The third kappa shape index (κ3) is 2.59.